The van der Waals surface area contributed by atoms with E-state index in [4.69, 9.17) is 0 Å². The Morgan fingerprint density at radius 2 is 1.71 bits per heavy atom. The fourth-order valence-corrected chi connectivity index (χ4v) is 3.89. The zero-order valence-electron chi connectivity index (χ0n) is 15.4. The third-order valence-corrected chi connectivity index (χ3v) is 5.48. The molecule has 1 aliphatic carbocycles. The fraction of sp³-hybridized carbons (Fsp3) is 1.00. The van der Waals surface area contributed by atoms with Gasteiger partial charge >= 0.3 is 0 Å². The first-order chi connectivity index (χ1) is 10.0. The molecule has 0 aromatic carbocycles. The van der Waals surface area contributed by atoms with E-state index < -0.39 is 0 Å². The van der Waals surface area contributed by atoms with Crippen LogP contribution in [0, 0.1) is 0 Å². The monoisotopic (exact) mass is 297 g/mol. The molecule has 1 N–H and O–H groups in total. The summed E-state index contributed by atoms with van der Waals surface area (Å²) in [5, 5.41) is 3.80. The van der Waals surface area contributed by atoms with Crippen LogP contribution in [-0.2, 0) is 0 Å². The van der Waals surface area contributed by atoms with Crippen LogP contribution in [0.2, 0.25) is 0 Å². The Labute approximate surface area is 133 Å². The zero-order valence-corrected chi connectivity index (χ0v) is 15.4. The molecule has 1 fully saturated rings. The summed E-state index contributed by atoms with van der Waals surface area (Å²) in [5.74, 6) is 0. The van der Waals surface area contributed by atoms with E-state index in [9.17, 15) is 0 Å². The molecule has 2 atom stereocenters. The average Bonchev–Trinajstić information content (AvgIpc) is 2.40. The van der Waals surface area contributed by atoms with Crippen LogP contribution in [0.15, 0.2) is 0 Å². The molecule has 0 spiro atoms. The second-order valence-corrected chi connectivity index (χ2v) is 7.21. The first-order valence-electron chi connectivity index (χ1n) is 9.11. The predicted molar refractivity (Wildman–Crippen MR) is 94.0 cm³/mol. The Bertz CT molecular complexity index is 274. The van der Waals surface area contributed by atoms with Gasteiger partial charge in [0.1, 0.15) is 0 Å². The Morgan fingerprint density at radius 1 is 1.05 bits per heavy atom. The first kappa shape index (κ1) is 18.9. The lowest BCUT2D eigenvalue weighted by molar-refractivity contribution is 0.00961. The lowest BCUT2D eigenvalue weighted by Crippen LogP contribution is -2.60. The summed E-state index contributed by atoms with van der Waals surface area (Å²) in [5.41, 5.74) is 0.434. The van der Waals surface area contributed by atoms with Crippen molar-refractivity contribution in [1.29, 1.82) is 0 Å². The van der Waals surface area contributed by atoms with Gasteiger partial charge in [0.25, 0.3) is 0 Å². The summed E-state index contributed by atoms with van der Waals surface area (Å²) in [6.45, 7) is 9.28. The van der Waals surface area contributed by atoms with Gasteiger partial charge in [-0.2, -0.15) is 0 Å². The highest BCUT2D eigenvalue weighted by molar-refractivity contribution is 4.99. The molecule has 0 bridgehead atoms. The lowest BCUT2D eigenvalue weighted by Gasteiger charge is -2.51. The van der Waals surface area contributed by atoms with Crippen molar-refractivity contribution in [2.45, 2.75) is 83.3 Å². The van der Waals surface area contributed by atoms with Crippen LogP contribution >= 0.6 is 0 Å². The molecule has 0 aliphatic heterocycles. The van der Waals surface area contributed by atoms with Crippen LogP contribution in [0.4, 0.5) is 0 Å². The molecule has 126 valence electrons. The molecule has 3 nitrogen and oxygen atoms in total. The highest BCUT2D eigenvalue weighted by atomic mass is 15.2. The molecule has 1 saturated carbocycles. The summed E-state index contributed by atoms with van der Waals surface area (Å²) in [6, 6.07) is 1.30. The minimum Gasteiger partial charge on any atom is -0.312 e. The molecular weight excluding hydrogens is 258 g/mol. The quantitative estimate of drug-likeness (QED) is 0.631. The highest BCUT2D eigenvalue weighted by Gasteiger charge is 2.41. The van der Waals surface area contributed by atoms with Crippen molar-refractivity contribution in [3.05, 3.63) is 0 Å². The second-order valence-electron chi connectivity index (χ2n) is 7.21. The third kappa shape index (κ3) is 4.94. The molecule has 0 heterocycles. The number of hydrogen-bond donors (Lipinski definition) is 1. The van der Waals surface area contributed by atoms with Crippen LogP contribution in [-0.4, -0.2) is 61.7 Å². The van der Waals surface area contributed by atoms with Gasteiger partial charge in [0.2, 0.25) is 0 Å². The lowest BCUT2D eigenvalue weighted by atomic mass is 9.75. The predicted octanol–water partition coefficient (Wildman–Crippen LogP) is 3.35. The molecule has 0 aromatic rings. The summed E-state index contributed by atoms with van der Waals surface area (Å²) in [7, 11) is 6.85. The largest absolute Gasteiger partial charge is 0.312 e. The number of nitrogens with zero attached hydrogens (tertiary/aromatic N) is 2. The average molecular weight is 298 g/mol. The van der Waals surface area contributed by atoms with Crippen LogP contribution in [0.5, 0.6) is 0 Å². The molecule has 1 rings (SSSR count). The molecule has 2 unspecified atom stereocenters. The van der Waals surface area contributed by atoms with E-state index in [2.05, 4.69) is 57.0 Å². The van der Waals surface area contributed by atoms with Gasteiger partial charge in [-0.25, -0.2) is 0 Å². The fourth-order valence-electron chi connectivity index (χ4n) is 3.89. The van der Waals surface area contributed by atoms with E-state index in [0.29, 0.717) is 17.6 Å². The van der Waals surface area contributed by atoms with Gasteiger partial charge in [-0.15, -0.1) is 0 Å². The zero-order chi connectivity index (χ0) is 15.9. The molecule has 0 saturated heterocycles. The minimum atomic E-state index is 0.434. The highest BCUT2D eigenvalue weighted by Crippen LogP contribution is 2.37. The van der Waals surface area contributed by atoms with E-state index in [1.54, 1.807) is 0 Å². The number of likely N-dealkylation sites (N-methyl/N-ethyl adjacent to an activating group) is 2. The Kier molecular flexibility index (Phi) is 8.22. The standard InChI is InChI=1S/C18H39N3/c1-7-11-16(19-14-8-2)17(9-3)21(6)15-18(20(4)5)12-10-13-18/h16-17,19H,7-15H2,1-6H3. The van der Waals surface area contributed by atoms with Gasteiger partial charge in [-0.05, 0) is 66.2 Å². The van der Waals surface area contributed by atoms with Crippen molar-refractivity contribution in [2.75, 3.05) is 34.2 Å². The van der Waals surface area contributed by atoms with E-state index in [1.165, 1.54) is 51.5 Å². The molecular formula is C18H39N3. The number of nitrogens with one attached hydrogen (secondary N) is 1. The summed E-state index contributed by atoms with van der Waals surface area (Å²) in [6.07, 6.45) is 9.14. The SMILES string of the molecule is CCCNC(CCC)C(CC)N(C)CC1(N(C)C)CCC1. The minimum absolute atomic E-state index is 0.434. The second kappa shape index (κ2) is 9.12. The van der Waals surface area contributed by atoms with E-state index in [-0.39, 0.29) is 0 Å². The van der Waals surface area contributed by atoms with Gasteiger partial charge < -0.3 is 15.1 Å². The van der Waals surface area contributed by atoms with Gasteiger partial charge in [0.15, 0.2) is 0 Å². The van der Waals surface area contributed by atoms with Crippen molar-refractivity contribution in [3.8, 4) is 0 Å². The summed E-state index contributed by atoms with van der Waals surface area (Å²) < 4.78 is 0. The van der Waals surface area contributed by atoms with Crippen molar-refractivity contribution >= 4 is 0 Å². The van der Waals surface area contributed by atoms with E-state index >= 15 is 0 Å². The Morgan fingerprint density at radius 3 is 2.10 bits per heavy atom. The van der Waals surface area contributed by atoms with Crippen molar-refractivity contribution in [3.63, 3.8) is 0 Å². The Hall–Kier alpha value is -0.120. The maximum Gasteiger partial charge on any atom is 0.0330 e. The number of hydrogen-bond acceptors (Lipinski definition) is 3. The topological polar surface area (TPSA) is 18.5 Å². The van der Waals surface area contributed by atoms with E-state index in [0.717, 1.165) is 6.54 Å². The molecule has 3 heteroatoms. The smallest absolute Gasteiger partial charge is 0.0330 e. The summed E-state index contributed by atoms with van der Waals surface area (Å²) >= 11 is 0. The van der Waals surface area contributed by atoms with Crippen LogP contribution in [0.3, 0.4) is 0 Å². The van der Waals surface area contributed by atoms with E-state index in [1.807, 2.05) is 0 Å². The first-order valence-corrected chi connectivity index (χ1v) is 9.11. The Balaban J connectivity index is 2.66. The van der Waals surface area contributed by atoms with Crippen molar-refractivity contribution < 1.29 is 0 Å². The normalized spacial score (nSPS) is 20.6. The molecule has 1 aliphatic rings. The van der Waals surface area contributed by atoms with Gasteiger partial charge in [-0.1, -0.05) is 27.2 Å². The third-order valence-electron chi connectivity index (χ3n) is 5.48. The van der Waals surface area contributed by atoms with Gasteiger partial charge in [0.05, 0.1) is 0 Å². The molecule has 0 aromatic heterocycles. The van der Waals surface area contributed by atoms with Crippen molar-refractivity contribution in [2.24, 2.45) is 0 Å². The maximum absolute atomic E-state index is 3.80. The molecule has 0 radical (unpaired) electrons. The summed E-state index contributed by atoms with van der Waals surface area (Å²) in [4.78, 5) is 5.11. The van der Waals surface area contributed by atoms with Crippen LogP contribution < -0.4 is 5.32 Å². The van der Waals surface area contributed by atoms with Crippen LogP contribution in [0.1, 0.15) is 65.7 Å². The molecule has 21 heavy (non-hydrogen) atoms. The van der Waals surface area contributed by atoms with Crippen molar-refractivity contribution in [1.82, 2.24) is 15.1 Å². The molecule has 0 amide bonds. The van der Waals surface area contributed by atoms with Gasteiger partial charge in [0, 0.05) is 24.2 Å². The van der Waals surface area contributed by atoms with Gasteiger partial charge in [-0.3, -0.25) is 0 Å². The van der Waals surface area contributed by atoms with Crippen LogP contribution in [0.25, 0.3) is 0 Å². The maximum atomic E-state index is 3.80. The number of rotatable bonds is 11.